The minimum Gasteiger partial charge on any atom is -0.385 e. The zero-order valence-electron chi connectivity index (χ0n) is 17.1. The lowest BCUT2D eigenvalue weighted by Crippen LogP contribution is -2.67. The summed E-state index contributed by atoms with van der Waals surface area (Å²) >= 11 is 1.95. The predicted molar refractivity (Wildman–Crippen MR) is 118 cm³/mol. The van der Waals surface area contributed by atoms with Crippen LogP contribution in [0.25, 0.3) is 0 Å². The number of amides is 1. The molecule has 0 unspecified atom stereocenters. The second-order valence-electron chi connectivity index (χ2n) is 7.56. The third-order valence-corrected chi connectivity index (χ3v) is 5.82. The van der Waals surface area contributed by atoms with Crippen molar-refractivity contribution in [1.82, 2.24) is 10.2 Å². The number of carbonyl (C=O) groups excluding carboxylic acids is 1. The predicted octanol–water partition coefficient (Wildman–Crippen LogP) is 3.11. The van der Waals surface area contributed by atoms with E-state index in [0.717, 1.165) is 6.07 Å². The monoisotopic (exact) mass is 548 g/mol. The fourth-order valence-electron chi connectivity index (χ4n) is 3.52. The van der Waals surface area contributed by atoms with E-state index in [4.69, 9.17) is 4.74 Å². The molecule has 0 radical (unpaired) electrons. The van der Waals surface area contributed by atoms with E-state index in [2.05, 4.69) is 5.32 Å². The van der Waals surface area contributed by atoms with Gasteiger partial charge < -0.3 is 20.1 Å². The van der Waals surface area contributed by atoms with E-state index in [1.807, 2.05) is 29.5 Å². The lowest BCUT2D eigenvalue weighted by Gasteiger charge is -2.46. The molecule has 0 saturated carbocycles. The van der Waals surface area contributed by atoms with Gasteiger partial charge in [0.1, 0.15) is 11.4 Å². The van der Waals surface area contributed by atoms with Crippen molar-refractivity contribution in [3.05, 3.63) is 68.0 Å². The quantitative estimate of drug-likeness (QED) is 0.374. The Morgan fingerprint density at radius 1 is 1.23 bits per heavy atom. The number of hydrogen-bond donors (Lipinski definition) is 2. The molecule has 1 fully saturated rings. The molecule has 0 atom stereocenters. The van der Waals surface area contributed by atoms with Crippen LogP contribution in [0.1, 0.15) is 28.4 Å². The van der Waals surface area contributed by atoms with E-state index in [0.29, 0.717) is 23.3 Å². The summed E-state index contributed by atoms with van der Waals surface area (Å²) in [5.74, 6) is -3.35. The molecule has 0 aromatic heterocycles. The van der Waals surface area contributed by atoms with Crippen LogP contribution in [-0.2, 0) is 11.2 Å². The van der Waals surface area contributed by atoms with E-state index < -0.39 is 29.0 Å². The van der Waals surface area contributed by atoms with Crippen LogP contribution < -0.4 is 5.32 Å². The number of halogens is 4. The van der Waals surface area contributed by atoms with Crippen LogP contribution in [0, 0.1) is 21.0 Å². The lowest BCUT2D eigenvalue weighted by molar-refractivity contribution is -0.0789. The van der Waals surface area contributed by atoms with Gasteiger partial charge in [-0.15, -0.1) is 0 Å². The van der Waals surface area contributed by atoms with E-state index in [-0.39, 0.29) is 42.7 Å². The highest BCUT2D eigenvalue weighted by atomic mass is 127. The summed E-state index contributed by atoms with van der Waals surface area (Å²) in [5, 5.41) is 13.6. The molecule has 1 amide bonds. The first-order valence-corrected chi connectivity index (χ1v) is 11.0. The van der Waals surface area contributed by atoms with Crippen molar-refractivity contribution in [2.45, 2.75) is 18.9 Å². The van der Waals surface area contributed by atoms with Gasteiger partial charge in [0.25, 0.3) is 5.91 Å². The Bertz CT molecular complexity index is 952. The van der Waals surface area contributed by atoms with Crippen molar-refractivity contribution in [2.75, 3.05) is 39.4 Å². The normalized spacial score (nSPS) is 15.1. The fourth-order valence-corrected chi connectivity index (χ4v) is 3.97. The Morgan fingerprint density at radius 2 is 1.97 bits per heavy atom. The van der Waals surface area contributed by atoms with Crippen LogP contribution in [0.5, 0.6) is 0 Å². The molecule has 1 aliphatic rings. The van der Waals surface area contributed by atoms with Gasteiger partial charge >= 0.3 is 0 Å². The Labute approximate surface area is 192 Å². The number of likely N-dealkylation sites (tertiary alicyclic amines) is 1. The van der Waals surface area contributed by atoms with E-state index in [9.17, 15) is 23.1 Å². The van der Waals surface area contributed by atoms with Gasteiger partial charge in [0.05, 0.1) is 19.7 Å². The van der Waals surface area contributed by atoms with Crippen molar-refractivity contribution >= 4 is 28.5 Å². The smallest absolute Gasteiger partial charge is 0.254 e. The molecule has 1 saturated heterocycles. The van der Waals surface area contributed by atoms with Crippen LogP contribution in [0.4, 0.5) is 13.2 Å². The van der Waals surface area contributed by atoms with Gasteiger partial charge in [-0.1, -0.05) is 6.07 Å². The average Bonchev–Trinajstić information content (AvgIpc) is 2.70. The summed E-state index contributed by atoms with van der Waals surface area (Å²) in [5.41, 5.74) is -1.17. The molecular weight excluding hydrogens is 524 g/mol. The second-order valence-corrected chi connectivity index (χ2v) is 8.80. The minimum atomic E-state index is -1.17. The van der Waals surface area contributed by atoms with Crippen LogP contribution in [0.3, 0.4) is 0 Å². The van der Waals surface area contributed by atoms with Crippen LogP contribution >= 0.6 is 22.6 Å². The molecule has 168 valence electrons. The molecule has 2 aromatic carbocycles. The number of hydrogen-bond acceptors (Lipinski definition) is 4. The Kier molecular flexibility index (Phi) is 7.95. The van der Waals surface area contributed by atoms with Gasteiger partial charge in [-0.3, -0.25) is 4.79 Å². The van der Waals surface area contributed by atoms with Gasteiger partial charge in [0.2, 0.25) is 0 Å². The summed E-state index contributed by atoms with van der Waals surface area (Å²) in [6.45, 7) is 3.98. The first-order chi connectivity index (χ1) is 14.7. The van der Waals surface area contributed by atoms with Crippen LogP contribution in [0.15, 0.2) is 30.3 Å². The first-order valence-electron chi connectivity index (χ1n) is 9.95. The summed E-state index contributed by atoms with van der Waals surface area (Å²) in [6.07, 6.45) is -0.259. The molecule has 9 heteroatoms. The van der Waals surface area contributed by atoms with Crippen molar-refractivity contribution in [3.8, 4) is 0 Å². The maximum Gasteiger partial charge on any atom is 0.254 e. The minimum absolute atomic E-state index is 0.0387. The SMILES string of the molecule is CCOCCNCC1(O)CN(C(=O)c2ccc(F)c(F)c2Cc2ccc(I)cc2F)C1. The molecule has 1 heterocycles. The Hall–Kier alpha value is -1.69. The number of aliphatic hydroxyl groups is 1. The zero-order chi connectivity index (χ0) is 22.6. The Morgan fingerprint density at radius 3 is 2.65 bits per heavy atom. The second kappa shape index (κ2) is 10.3. The van der Waals surface area contributed by atoms with E-state index >= 15 is 0 Å². The standard InChI is InChI=1S/C22H24F3IN2O3/c1-2-31-8-7-27-11-22(30)12-28(13-22)21(29)16-5-6-18(23)20(25)17(16)9-14-3-4-15(26)10-19(14)24/h3-6,10,27,30H,2,7-9,11-13H2,1H3. The summed E-state index contributed by atoms with van der Waals surface area (Å²) in [4.78, 5) is 14.3. The van der Waals surface area contributed by atoms with Crippen LogP contribution in [0.2, 0.25) is 0 Å². The fraction of sp³-hybridized carbons (Fsp3) is 0.409. The summed E-state index contributed by atoms with van der Waals surface area (Å²) < 4.78 is 48.6. The lowest BCUT2D eigenvalue weighted by atomic mass is 9.91. The molecule has 1 aliphatic heterocycles. The van der Waals surface area contributed by atoms with Gasteiger partial charge in [-0.05, 0) is 59.3 Å². The molecular formula is C22H24F3IN2O3. The highest BCUT2D eigenvalue weighted by Crippen LogP contribution is 2.28. The molecule has 5 nitrogen and oxygen atoms in total. The molecule has 0 bridgehead atoms. The van der Waals surface area contributed by atoms with Crippen molar-refractivity contribution < 1.29 is 27.8 Å². The maximum absolute atomic E-state index is 14.6. The number of benzene rings is 2. The molecule has 0 aliphatic carbocycles. The summed E-state index contributed by atoms with van der Waals surface area (Å²) in [7, 11) is 0. The van der Waals surface area contributed by atoms with Crippen molar-refractivity contribution in [1.29, 1.82) is 0 Å². The topological polar surface area (TPSA) is 61.8 Å². The molecule has 31 heavy (non-hydrogen) atoms. The third-order valence-electron chi connectivity index (χ3n) is 5.15. The average molecular weight is 548 g/mol. The summed E-state index contributed by atoms with van der Waals surface area (Å²) in [6, 6.07) is 6.54. The van der Waals surface area contributed by atoms with E-state index in [1.54, 1.807) is 6.07 Å². The first kappa shape index (κ1) is 24.0. The highest BCUT2D eigenvalue weighted by molar-refractivity contribution is 14.1. The number of ether oxygens (including phenoxy) is 1. The van der Waals surface area contributed by atoms with Crippen molar-refractivity contribution in [2.24, 2.45) is 0 Å². The third kappa shape index (κ3) is 5.76. The number of β-amino-alcohol motifs (C(OH)–C–C–N with tert-alkyl or cyclic N) is 1. The van der Waals surface area contributed by atoms with Gasteiger partial charge in [-0.25, -0.2) is 13.2 Å². The molecule has 2 aromatic rings. The number of nitrogens with one attached hydrogen (secondary N) is 1. The van der Waals surface area contributed by atoms with E-state index in [1.165, 1.54) is 23.1 Å². The maximum atomic E-state index is 14.6. The Balaban J connectivity index is 1.71. The molecule has 2 N–H and O–H groups in total. The van der Waals surface area contributed by atoms with Crippen LogP contribution in [-0.4, -0.2) is 60.9 Å². The number of rotatable bonds is 9. The highest BCUT2D eigenvalue weighted by Gasteiger charge is 2.44. The van der Waals surface area contributed by atoms with Gasteiger partial charge in [-0.2, -0.15) is 0 Å². The molecule has 3 rings (SSSR count). The molecule has 0 spiro atoms. The zero-order valence-corrected chi connectivity index (χ0v) is 19.2. The van der Waals surface area contributed by atoms with Gasteiger partial charge in [0.15, 0.2) is 11.6 Å². The number of nitrogens with zero attached hydrogens (tertiary/aromatic N) is 1. The van der Waals surface area contributed by atoms with Crippen molar-refractivity contribution in [3.63, 3.8) is 0 Å². The number of carbonyl (C=O) groups is 1. The largest absolute Gasteiger partial charge is 0.385 e. The van der Waals surface area contributed by atoms with Gasteiger partial charge in [0, 0.05) is 40.8 Å².